The van der Waals surface area contributed by atoms with Crippen LogP contribution in [0.15, 0.2) is 10.3 Å². The molecule has 0 saturated carbocycles. The average Bonchev–Trinajstić information content (AvgIpc) is 2.35. The Bertz CT molecular complexity index is 345. The van der Waals surface area contributed by atoms with Crippen molar-refractivity contribution in [3.8, 4) is 0 Å². The highest BCUT2D eigenvalue weighted by Crippen LogP contribution is 2.29. The Labute approximate surface area is 88.0 Å². The SMILES string of the molecule is Cc1nnc2n1N=C(I)C(C)S2. The normalized spacial score (nSPS) is 21.9. The fourth-order valence-corrected chi connectivity index (χ4v) is 2.33. The number of thioether (sulfide) groups is 1. The van der Waals surface area contributed by atoms with Crippen LogP contribution < -0.4 is 0 Å². The molecule has 2 rings (SSSR count). The van der Waals surface area contributed by atoms with Crippen molar-refractivity contribution in [3.05, 3.63) is 5.82 Å². The van der Waals surface area contributed by atoms with Crippen LogP contribution in [0.3, 0.4) is 0 Å². The first-order valence-electron chi connectivity index (χ1n) is 3.51. The average molecular weight is 294 g/mol. The third kappa shape index (κ3) is 1.26. The van der Waals surface area contributed by atoms with Gasteiger partial charge in [-0.2, -0.15) is 9.78 Å². The minimum Gasteiger partial charge on any atom is -0.191 e. The molecule has 12 heavy (non-hydrogen) atoms. The second-order valence-corrected chi connectivity index (χ2v) is 4.94. The summed E-state index contributed by atoms with van der Waals surface area (Å²) in [5, 5.41) is 13.6. The van der Waals surface area contributed by atoms with Gasteiger partial charge in [0.25, 0.3) is 0 Å². The molecule has 0 N–H and O–H groups in total. The Kier molecular flexibility index (Phi) is 2.11. The molecule has 0 radical (unpaired) electrons. The summed E-state index contributed by atoms with van der Waals surface area (Å²) < 4.78 is 2.87. The maximum atomic E-state index is 4.36. The maximum absolute atomic E-state index is 4.36. The van der Waals surface area contributed by atoms with Crippen molar-refractivity contribution in [3.63, 3.8) is 0 Å². The molecule has 1 aromatic rings. The van der Waals surface area contributed by atoms with E-state index in [4.69, 9.17) is 0 Å². The first-order chi connectivity index (χ1) is 5.68. The van der Waals surface area contributed by atoms with Gasteiger partial charge in [-0.05, 0) is 36.4 Å². The summed E-state index contributed by atoms with van der Waals surface area (Å²) in [5.41, 5.74) is 0. The largest absolute Gasteiger partial charge is 0.212 e. The van der Waals surface area contributed by atoms with E-state index in [2.05, 4.69) is 44.8 Å². The fraction of sp³-hybridized carbons (Fsp3) is 0.500. The topological polar surface area (TPSA) is 43.1 Å². The first kappa shape index (κ1) is 8.49. The molecule has 0 saturated heterocycles. The molecule has 0 spiro atoms. The number of aryl methyl sites for hydroxylation is 1. The lowest BCUT2D eigenvalue weighted by molar-refractivity contribution is 0.732. The van der Waals surface area contributed by atoms with Gasteiger partial charge in [0.15, 0.2) is 5.82 Å². The second-order valence-electron chi connectivity index (χ2n) is 2.52. The van der Waals surface area contributed by atoms with Crippen molar-refractivity contribution < 1.29 is 0 Å². The standard InChI is InChI=1S/C6H7IN4S/c1-3-5(7)10-11-4(2)8-9-6(11)12-3/h3H,1-2H3. The maximum Gasteiger partial charge on any atom is 0.212 e. The zero-order chi connectivity index (χ0) is 8.72. The van der Waals surface area contributed by atoms with Crippen molar-refractivity contribution in [1.29, 1.82) is 0 Å². The van der Waals surface area contributed by atoms with Crippen LogP contribution >= 0.6 is 34.4 Å². The summed E-state index contributed by atoms with van der Waals surface area (Å²) in [6.07, 6.45) is 0. The smallest absolute Gasteiger partial charge is 0.191 e. The van der Waals surface area contributed by atoms with E-state index in [9.17, 15) is 0 Å². The summed E-state index contributed by atoms with van der Waals surface area (Å²) in [6, 6.07) is 0. The van der Waals surface area contributed by atoms with Gasteiger partial charge in [0, 0.05) is 0 Å². The quantitative estimate of drug-likeness (QED) is 0.684. The number of aromatic nitrogens is 3. The van der Waals surface area contributed by atoms with Gasteiger partial charge in [0.2, 0.25) is 5.16 Å². The molecule has 64 valence electrons. The molecule has 1 aromatic heterocycles. The van der Waals surface area contributed by atoms with Crippen LogP contribution in [0.4, 0.5) is 0 Å². The van der Waals surface area contributed by atoms with E-state index >= 15 is 0 Å². The van der Waals surface area contributed by atoms with E-state index in [0.717, 1.165) is 14.7 Å². The zero-order valence-corrected chi connectivity index (χ0v) is 9.63. The van der Waals surface area contributed by atoms with E-state index in [1.807, 2.05) is 6.92 Å². The number of hydrogen-bond acceptors (Lipinski definition) is 4. The van der Waals surface area contributed by atoms with Gasteiger partial charge in [-0.15, -0.1) is 10.2 Å². The molecule has 0 amide bonds. The second kappa shape index (κ2) is 2.99. The van der Waals surface area contributed by atoms with E-state index in [1.54, 1.807) is 16.4 Å². The Morgan fingerprint density at radius 2 is 2.25 bits per heavy atom. The highest BCUT2D eigenvalue weighted by atomic mass is 127. The molecule has 1 atom stereocenters. The van der Waals surface area contributed by atoms with Crippen LogP contribution in [0, 0.1) is 6.92 Å². The summed E-state index contributed by atoms with van der Waals surface area (Å²) in [5.74, 6) is 0.846. The Balaban J connectivity index is 2.52. The van der Waals surface area contributed by atoms with E-state index < -0.39 is 0 Å². The summed E-state index contributed by atoms with van der Waals surface area (Å²) >= 11 is 3.94. The lowest BCUT2D eigenvalue weighted by Gasteiger charge is -2.14. The molecule has 0 aromatic carbocycles. The molecule has 0 fully saturated rings. The molecule has 4 nitrogen and oxygen atoms in total. The third-order valence-electron chi connectivity index (χ3n) is 1.58. The summed E-state index contributed by atoms with van der Waals surface area (Å²) in [6.45, 7) is 4.02. The predicted octanol–water partition coefficient (Wildman–Crippen LogP) is 1.68. The molecule has 0 aliphatic carbocycles. The first-order valence-corrected chi connectivity index (χ1v) is 5.47. The Morgan fingerprint density at radius 1 is 1.50 bits per heavy atom. The number of halogens is 1. The number of fused-ring (bicyclic) bond motifs is 1. The minimum atomic E-state index is 0.404. The number of hydrogen-bond donors (Lipinski definition) is 0. The Morgan fingerprint density at radius 3 is 3.00 bits per heavy atom. The van der Waals surface area contributed by atoms with Crippen LogP contribution in [0.1, 0.15) is 12.7 Å². The van der Waals surface area contributed by atoms with Gasteiger partial charge >= 0.3 is 0 Å². The fourth-order valence-electron chi connectivity index (χ4n) is 0.910. The monoisotopic (exact) mass is 294 g/mol. The summed E-state index contributed by atoms with van der Waals surface area (Å²) in [4.78, 5) is 0. The van der Waals surface area contributed by atoms with Gasteiger partial charge in [-0.25, -0.2) is 0 Å². The Hall–Kier alpha value is -0.110. The van der Waals surface area contributed by atoms with Crippen LogP contribution in [-0.2, 0) is 0 Å². The predicted molar refractivity (Wildman–Crippen MR) is 56.9 cm³/mol. The number of nitrogens with zero attached hydrogens (tertiary/aromatic N) is 4. The third-order valence-corrected chi connectivity index (χ3v) is 4.20. The van der Waals surface area contributed by atoms with Crippen molar-refractivity contribution in [2.45, 2.75) is 24.3 Å². The van der Waals surface area contributed by atoms with Gasteiger partial charge in [-0.1, -0.05) is 11.8 Å². The summed E-state index contributed by atoms with van der Waals surface area (Å²) in [7, 11) is 0. The highest BCUT2D eigenvalue weighted by Gasteiger charge is 2.21. The van der Waals surface area contributed by atoms with Crippen LogP contribution in [0.25, 0.3) is 0 Å². The van der Waals surface area contributed by atoms with Crippen molar-refractivity contribution in [1.82, 2.24) is 14.9 Å². The van der Waals surface area contributed by atoms with Crippen molar-refractivity contribution >= 4 is 38.1 Å². The minimum absolute atomic E-state index is 0.404. The molecular weight excluding hydrogens is 287 g/mol. The van der Waals surface area contributed by atoms with Crippen LogP contribution in [-0.4, -0.2) is 23.8 Å². The molecule has 2 heterocycles. The molecule has 0 bridgehead atoms. The molecule has 1 unspecified atom stereocenters. The molecule has 1 aliphatic heterocycles. The van der Waals surface area contributed by atoms with Gasteiger partial charge in [0.05, 0.1) is 5.25 Å². The van der Waals surface area contributed by atoms with Crippen LogP contribution in [0.2, 0.25) is 0 Å². The van der Waals surface area contributed by atoms with Gasteiger partial charge in [-0.3, -0.25) is 0 Å². The van der Waals surface area contributed by atoms with E-state index in [0.29, 0.717) is 5.25 Å². The zero-order valence-electron chi connectivity index (χ0n) is 6.65. The van der Waals surface area contributed by atoms with Crippen molar-refractivity contribution in [2.24, 2.45) is 5.10 Å². The van der Waals surface area contributed by atoms with Crippen molar-refractivity contribution in [2.75, 3.05) is 0 Å². The molecule has 1 aliphatic rings. The van der Waals surface area contributed by atoms with E-state index in [1.165, 1.54) is 0 Å². The lowest BCUT2D eigenvalue weighted by atomic mass is 10.5. The lowest BCUT2D eigenvalue weighted by Crippen LogP contribution is -2.14. The van der Waals surface area contributed by atoms with Gasteiger partial charge < -0.3 is 0 Å². The number of rotatable bonds is 0. The van der Waals surface area contributed by atoms with E-state index in [-0.39, 0.29) is 0 Å². The van der Waals surface area contributed by atoms with Crippen LogP contribution in [0.5, 0.6) is 0 Å². The van der Waals surface area contributed by atoms with Gasteiger partial charge in [0.1, 0.15) is 3.72 Å². The molecular formula is C6H7IN4S. The molecule has 6 heteroatoms. The highest BCUT2D eigenvalue weighted by molar-refractivity contribution is 14.1.